The minimum atomic E-state index is -0.262. The summed E-state index contributed by atoms with van der Waals surface area (Å²) in [6.45, 7) is 1.36. The third kappa shape index (κ3) is 2.78. The quantitative estimate of drug-likeness (QED) is 0.791. The molecule has 102 valence electrons. The molecular weight excluding hydrogens is 262 g/mol. The first-order valence-electron chi connectivity index (χ1n) is 6.05. The van der Waals surface area contributed by atoms with E-state index in [1.807, 2.05) is 18.2 Å². The van der Waals surface area contributed by atoms with Crippen LogP contribution in [0, 0.1) is 5.92 Å². The van der Waals surface area contributed by atoms with Gasteiger partial charge in [0, 0.05) is 24.7 Å². The monoisotopic (exact) mass is 279 g/mol. The lowest BCUT2D eigenvalue weighted by Gasteiger charge is -2.22. The van der Waals surface area contributed by atoms with Gasteiger partial charge in [-0.15, -0.1) is 0 Å². The van der Waals surface area contributed by atoms with Crippen molar-refractivity contribution >= 4 is 28.8 Å². The number of anilines is 1. The second-order valence-corrected chi connectivity index (χ2v) is 5.02. The number of ether oxygens (including phenoxy) is 1. The Morgan fingerprint density at radius 3 is 2.74 bits per heavy atom. The maximum atomic E-state index is 11.2. The maximum Gasteiger partial charge on any atom is 0.222 e. The number of methoxy groups -OCH3 is 1. The number of nitrogens with two attached hydrogens (primary N) is 2. The van der Waals surface area contributed by atoms with Crippen LogP contribution in [0.5, 0.6) is 5.75 Å². The van der Waals surface area contributed by atoms with Crippen LogP contribution in [0.2, 0.25) is 0 Å². The van der Waals surface area contributed by atoms with Crippen molar-refractivity contribution in [2.75, 3.05) is 25.1 Å². The molecule has 0 saturated carbocycles. The van der Waals surface area contributed by atoms with Crippen LogP contribution >= 0.6 is 12.2 Å². The molecule has 1 aliphatic rings. The Morgan fingerprint density at radius 1 is 1.47 bits per heavy atom. The van der Waals surface area contributed by atoms with Crippen LogP contribution in [-0.2, 0) is 4.79 Å². The summed E-state index contributed by atoms with van der Waals surface area (Å²) < 4.78 is 5.22. The molecule has 1 aromatic rings. The summed E-state index contributed by atoms with van der Waals surface area (Å²) in [7, 11) is 1.61. The Balaban J connectivity index is 2.32. The zero-order valence-electron chi connectivity index (χ0n) is 10.8. The molecule has 0 aliphatic carbocycles. The van der Waals surface area contributed by atoms with Crippen LogP contribution in [0.3, 0.4) is 0 Å². The van der Waals surface area contributed by atoms with Crippen molar-refractivity contribution in [3.63, 3.8) is 0 Å². The van der Waals surface area contributed by atoms with E-state index >= 15 is 0 Å². The Kier molecular flexibility index (Phi) is 3.90. The van der Waals surface area contributed by atoms with Gasteiger partial charge in [0.05, 0.1) is 18.7 Å². The van der Waals surface area contributed by atoms with Gasteiger partial charge in [0.25, 0.3) is 0 Å². The topological polar surface area (TPSA) is 81.6 Å². The molecule has 1 aromatic carbocycles. The lowest BCUT2D eigenvalue weighted by Crippen LogP contribution is -2.28. The molecular formula is C13H17N3O2S. The average molecular weight is 279 g/mol. The number of primary amides is 1. The molecule has 5 nitrogen and oxygen atoms in total. The molecule has 2 rings (SSSR count). The number of nitrogens with zero attached hydrogens (tertiary/aromatic N) is 1. The highest BCUT2D eigenvalue weighted by Gasteiger charge is 2.28. The van der Waals surface area contributed by atoms with Crippen LogP contribution in [0.1, 0.15) is 12.0 Å². The summed E-state index contributed by atoms with van der Waals surface area (Å²) >= 11 is 5.06. The fourth-order valence-electron chi connectivity index (χ4n) is 2.32. The number of carbonyl (C=O) groups is 1. The minimum Gasteiger partial charge on any atom is -0.497 e. The Hall–Kier alpha value is -1.82. The highest BCUT2D eigenvalue weighted by molar-refractivity contribution is 7.80. The van der Waals surface area contributed by atoms with E-state index in [-0.39, 0.29) is 11.8 Å². The summed E-state index contributed by atoms with van der Waals surface area (Å²) in [6.07, 6.45) is 0.753. The zero-order chi connectivity index (χ0) is 14.0. The van der Waals surface area contributed by atoms with Crippen molar-refractivity contribution in [1.29, 1.82) is 0 Å². The third-order valence-electron chi connectivity index (χ3n) is 3.40. The Bertz CT molecular complexity index is 519. The van der Waals surface area contributed by atoms with E-state index in [0.717, 1.165) is 30.0 Å². The molecule has 0 radical (unpaired) electrons. The summed E-state index contributed by atoms with van der Waals surface area (Å²) in [5.74, 6) is 0.352. The predicted octanol–water partition coefficient (Wildman–Crippen LogP) is 0.641. The van der Waals surface area contributed by atoms with Gasteiger partial charge in [-0.3, -0.25) is 4.79 Å². The molecule has 19 heavy (non-hydrogen) atoms. The number of rotatable bonds is 4. The normalized spacial score (nSPS) is 18.4. The number of carbonyl (C=O) groups excluding carboxylic acids is 1. The second-order valence-electron chi connectivity index (χ2n) is 4.58. The van der Waals surface area contributed by atoms with E-state index in [9.17, 15) is 4.79 Å². The standard InChI is InChI=1S/C13H17N3O2S/c1-18-9-2-3-10(13(15)19)11(6-9)16-5-4-8(7-16)12(14)17/h2-3,6,8H,4-5,7H2,1H3,(H2,14,17)(H2,15,19). The van der Waals surface area contributed by atoms with Crippen LogP contribution in [0.25, 0.3) is 0 Å². The minimum absolute atomic E-state index is 0.120. The van der Waals surface area contributed by atoms with Gasteiger partial charge in [-0.2, -0.15) is 0 Å². The molecule has 1 atom stereocenters. The van der Waals surface area contributed by atoms with Gasteiger partial charge in [0.1, 0.15) is 10.7 Å². The average Bonchev–Trinajstić information content (AvgIpc) is 2.87. The molecule has 6 heteroatoms. The fraction of sp³-hybridized carbons (Fsp3) is 0.385. The van der Waals surface area contributed by atoms with E-state index in [4.69, 9.17) is 28.4 Å². The van der Waals surface area contributed by atoms with E-state index < -0.39 is 0 Å². The Morgan fingerprint density at radius 2 is 2.21 bits per heavy atom. The molecule has 1 unspecified atom stereocenters. The first-order valence-corrected chi connectivity index (χ1v) is 6.46. The van der Waals surface area contributed by atoms with Crippen LogP contribution < -0.4 is 21.1 Å². The van der Waals surface area contributed by atoms with Gasteiger partial charge < -0.3 is 21.1 Å². The maximum absolute atomic E-state index is 11.2. The van der Waals surface area contributed by atoms with Crippen LogP contribution in [0.4, 0.5) is 5.69 Å². The first-order chi connectivity index (χ1) is 9.02. The predicted molar refractivity (Wildman–Crippen MR) is 78.4 cm³/mol. The Labute approximate surface area is 117 Å². The number of benzene rings is 1. The van der Waals surface area contributed by atoms with Gasteiger partial charge in [-0.1, -0.05) is 12.2 Å². The fourth-order valence-corrected chi connectivity index (χ4v) is 2.49. The number of amides is 1. The van der Waals surface area contributed by atoms with Crippen LogP contribution in [0.15, 0.2) is 18.2 Å². The molecule has 1 fully saturated rings. The molecule has 1 amide bonds. The van der Waals surface area contributed by atoms with Crippen LogP contribution in [-0.4, -0.2) is 31.1 Å². The van der Waals surface area contributed by atoms with Gasteiger partial charge in [-0.25, -0.2) is 0 Å². The molecule has 1 heterocycles. The largest absolute Gasteiger partial charge is 0.497 e. The molecule has 4 N–H and O–H groups in total. The summed E-state index contributed by atoms with van der Waals surface area (Å²) in [5, 5.41) is 0. The van der Waals surface area contributed by atoms with Gasteiger partial charge in [-0.05, 0) is 18.6 Å². The number of hydrogen-bond acceptors (Lipinski definition) is 4. The van der Waals surface area contributed by atoms with Gasteiger partial charge in [0.15, 0.2) is 0 Å². The smallest absolute Gasteiger partial charge is 0.222 e. The molecule has 1 aliphatic heterocycles. The summed E-state index contributed by atoms with van der Waals surface area (Å²) in [6, 6.07) is 5.55. The molecule has 0 spiro atoms. The lowest BCUT2D eigenvalue weighted by atomic mass is 10.1. The first kappa shape index (κ1) is 13.6. The van der Waals surface area contributed by atoms with E-state index in [2.05, 4.69) is 4.90 Å². The van der Waals surface area contributed by atoms with Crippen molar-refractivity contribution in [3.05, 3.63) is 23.8 Å². The van der Waals surface area contributed by atoms with Gasteiger partial charge in [0.2, 0.25) is 5.91 Å². The van der Waals surface area contributed by atoms with E-state index in [0.29, 0.717) is 11.5 Å². The number of thiocarbonyl (C=S) groups is 1. The second kappa shape index (κ2) is 5.44. The SMILES string of the molecule is COc1ccc(C(N)=S)c(N2CCC(C(N)=O)C2)c1. The van der Waals surface area contributed by atoms with E-state index in [1.165, 1.54) is 0 Å². The van der Waals surface area contributed by atoms with Crippen molar-refractivity contribution in [1.82, 2.24) is 0 Å². The highest BCUT2D eigenvalue weighted by atomic mass is 32.1. The summed E-state index contributed by atoms with van der Waals surface area (Å²) in [4.78, 5) is 13.7. The third-order valence-corrected chi connectivity index (χ3v) is 3.62. The number of hydrogen-bond donors (Lipinski definition) is 2. The highest BCUT2D eigenvalue weighted by Crippen LogP contribution is 2.30. The van der Waals surface area contributed by atoms with Crippen molar-refractivity contribution < 1.29 is 9.53 Å². The van der Waals surface area contributed by atoms with Crippen molar-refractivity contribution in [2.45, 2.75) is 6.42 Å². The molecule has 0 aromatic heterocycles. The van der Waals surface area contributed by atoms with Gasteiger partial charge >= 0.3 is 0 Å². The van der Waals surface area contributed by atoms with Crippen molar-refractivity contribution in [2.24, 2.45) is 17.4 Å². The molecule has 1 saturated heterocycles. The molecule has 0 bridgehead atoms. The van der Waals surface area contributed by atoms with E-state index in [1.54, 1.807) is 7.11 Å². The van der Waals surface area contributed by atoms with Crippen molar-refractivity contribution in [3.8, 4) is 5.75 Å². The lowest BCUT2D eigenvalue weighted by molar-refractivity contribution is -0.121. The summed E-state index contributed by atoms with van der Waals surface area (Å²) in [5.41, 5.74) is 12.8. The zero-order valence-corrected chi connectivity index (χ0v) is 11.6.